The van der Waals surface area contributed by atoms with Crippen LogP contribution in [-0.4, -0.2) is 36.5 Å². The molecule has 146 valence electrons. The average molecular weight is 375 g/mol. The Labute approximate surface area is 158 Å². The van der Waals surface area contributed by atoms with Crippen molar-refractivity contribution in [1.29, 1.82) is 0 Å². The fourth-order valence-corrected chi connectivity index (χ4v) is 2.93. The molecule has 0 spiro atoms. The number of carbonyl (C=O) groups excluding carboxylic acids is 2. The zero-order valence-electron chi connectivity index (χ0n) is 15.6. The predicted molar refractivity (Wildman–Crippen MR) is 102 cm³/mol. The summed E-state index contributed by atoms with van der Waals surface area (Å²) in [6.45, 7) is 1.97. The Balaban J connectivity index is 1.92. The van der Waals surface area contributed by atoms with Crippen molar-refractivity contribution in [3.63, 3.8) is 0 Å². The number of rotatable bonds is 8. The molecular formula is C19H25N3O5. The maximum atomic E-state index is 12.4. The third-order valence-electron chi connectivity index (χ3n) is 4.49. The van der Waals surface area contributed by atoms with E-state index in [4.69, 9.17) is 4.74 Å². The predicted octanol–water partition coefficient (Wildman–Crippen LogP) is 3.19. The van der Waals surface area contributed by atoms with E-state index in [1.54, 1.807) is 7.05 Å². The van der Waals surface area contributed by atoms with Gasteiger partial charge in [-0.05, 0) is 45.1 Å². The largest absolute Gasteiger partial charge is 0.449 e. The first kappa shape index (κ1) is 20.4. The SMILES string of the molecule is CNc1ccc([N+](=O)[O-])cc1C(=O)O[C@@H](C)C(=O)NCCC1=CCCCC1. The van der Waals surface area contributed by atoms with Crippen LogP contribution >= 0.6 is 0 Å². The van der Waals surface area contributed by atoms with E-state index in [1.165, 1.54) is 37.5 Å². The molecule has 1 aromatic rings. The molecule has 1 atom stereocenters. The lowest BCUT2D eigenvalue weighted by Crippen LogP contribution is -2.36. The van der Waals surface area contributed by atoms with Gasteiger partial charge in [0, 0.05) is 31.4 Å². The van der Waals surface area contributed by atoms with E-state index in [-0.39, 0.29) is 11.3 Å². The Kier molecular flexibility index (Phi) is 7.34. The molecule has 0 heterocycles. The summed E-state index contributed by atoms with van der Waals surface area (Å²) in [5.74, 6) is -1.18. The molecule has 0 bridgehead atoms. The minimum absolute atomic E-state index is 0.0127. The molecule has 8 nitrogen and oxygen atoms in total. The summed E-state index contributed by atoms with van der Waals surface area (Å²) in [7, 11) is 1.59. The molecule has 8 heteroatoms. The van der Waals surface area contributed by atoms with Gasteiger partial charge < -0.3 is 15.4 Å². The normalized spacial score (nSPS) is 14.7. The van der Waals surface area contributed by atoms with Crippen LogP contribution in [0.5, 0.6) is 0 Å². The quantitative estimate of drug-likeness (QED) is 0.312. The summed E-state index contributed by atoms with van der Waals surface area (Å²) < 4.78 is 5.19. The first-order valence-corrected chi connectivity index (χ1v) is 9.05. The number of ether oxygens (including phenoxy) is 1. The maximum absolute atomic E-state index is 12.4. The van der Waals surface area contributed by atoms with Crippen LogP contribution in [0.2, 0.25) is 0 Å². The number of nitro benzene ring substituents is 1. The van der Waals surface area contributed by atoms with E-state index in [1.807, 2.05) is 0 Å². The summed E-state index contributed by atoms with van der Waals surface area (Å²) in [6.07, 6.45) is 6.58. The Morgan fingerprint density at radius 2 is 2.11 bits per heavy atom. The van der Waals surface area contributed by atoms with Gasteiger partial charge in [-0.15, -0.1) is 0 Å². The number of esters is 1. The maximum Gasteiger partial charge on any atom is 0.341 e. The Morgan fingerprint density at radius 3 is 2.74 bits per heavy atom. The number of carbonyl (C=O) groups is 2. The van der Waals surface area contributed by atoms with Crippen molar-refractivity contribution in [2.24, 2.45) is 0 Å². The number of anilines is 1. The Morgan fingerprint density at radius 1 is 1.33 bits per heavy atom. The average Bonchev–Trinajstić information content (AvgIpc) is 2.67. The molecule has 0 aromatic heterocycles. The first-order chi connectivity index (χ1) is 12.9. The molecule has 2 rings (SSSR count). The molecule has 0 saturated carbocycles. The van der Waals surface area contributed by atoms with Gasteiger partial charge in [-0.3, -0.25) is 14.9 Å². The molecular weight excluding hydrogens is 350 g/mol. The smallest absolute Gasteiger partial charge is 0.341 e. The molecule has 0 radical (unpaired) electrons. The summed E-state index contributed by atoms with van der Waals surface area (Å²) in [5, 5.41) is 16.5. The topological polar surface area (TPSA) is 111 Å². The van der Waals surface area contributed by atoms with Crippen molar-refractivity contribution >= 4 is 23.3 Å². The fraction of sp³-hybridized carbons (Fsp3) is 0.474. The molecule has 0 aliphatic heterocycles. The van der Waals surface area contributed by atoms with E-state index in [9.17, 15) is 19.7 Å². The van der Waals surface area contributed by atoms with Crippen LogP contribution in [0, 0.1) is 10.1 Å². The standard InChI is InChI=1S/C19H25N3O5/c1-13(18(23)21-11-10-14-6-4-3-5-7-14)27-19(24)16-12-15(22(25)26)8-9-17(16)20-2/h6,8-9,12-13,20H,3-5,7,10-11H2,1-2H3,(H,21,23)/t13-/m0/s1. The fourth-order valence-electron chi connectivity index (χ4n) is 2.93. The highest BCUT2D eigenvalue weighted by Crippen LogP contribution is 2.23. The number of hydrogen-bond donors (Lipinski definition) is 2. The molecule has 0 fully saturated rings. The van der Waals surface area contributed by atoms with Crippen LogP contribution in [0.4, 0.5) is 11.4 Å². The molecule has 27 heavy (non-hydrogen) atoms. The van der Waals surface area contributed by atoms with Crippen molar-refractivity contribution in [3.05, 3.63) is 45.5 Å². The van der Waals surface area contributed by atoms with Crippen molar-refractivity contribution in [2.75, 3.05) is 18.9 Å². The van der Waals surface area contributed by atoms with Gasteiger partial charge in [-0.25, -0.2) is 4.79 Å². The van der Waals surface area contributed by atoms with Crippen LogP contribution < -0.4 is 10.6 Å². The summed E-state index contributed by atoms with van der Waals surface area (Å²) in [4.78, 5) is 34.8. The van der Waals surface area contributed by atoms with Crippen LogP contribution in [0.1, 0.15) is 49.4 Å². The van der Waals surface area contributed by atoms with Gasteiger partial charge in [0.15, 0.2) is 6.10 Å². The molecule has 1 aliphatic rings. The molecule has 0 saturated heterocycles. The first-order valence-electron chi connectivity index (χ1n) is 9.05. The van der Waals surface area contributed by atoms with Gasteiger partial charge in [0.1, 0.15) is 0 Å². The zero-order valence-corrected chi connectivity index (χ0v) is 15.6. The Hall–Kier alpha value is -2.90. The monoisotopic (exact) mass is 375 g/mol. The van der Waals surface area contributed by atoms with E-state index in [0.29, 0.717) is 12.2 Å². The zero-order chi connectivity index (χ0) is 19.8. The number of nitrogens with zero attached hydrogens (tertiary/aromatic N) is 1. The third kappa shape index (κ3) is 5.80. The summed E-state index contributed by atoms with van der Waals surface area (Å²) in [5.41, 5.74) is 1.53. The van der Waals surface area contributed by atoms with Crippen LogP contribution in [0.15, 0.2) is 29.8 Å². The van der Waals surface area contributed by atoms with Gasteiger partial charge in [0.25, 0.3) is 11.6 Å². The minimum Gasteiger partial charge on any atom is -0.449 e. The minimum atomic E-state index is -0.998. The number of nitrogens with one attached hydrogen (secondary N) is 2. The van der Waals surface area contributed by atoms with Gasteiger partial charge >= 0.3 is 5.97 Å². The number of hydrogen-bond acceptors (Lipinski definition) is 6. The highest BCUT2D eigenvalue weighted by molar-refractivity contribution is 5.98. The number of allylic oxidation sites excluding steroid dienone is 1. The molecule has 1 amide bonds. The second-order valence-corrected chi connectivity index (χ2v) is 6.43. The van der Waals surface area contributed by atoms with Crippen molar-refractivity contribution in [1.82, 2.24) is 5.32 Å². The van der Waals surface area contributed by atoms with E-state index < -0.39 is 22.9 Å². The summed E-state index contributed by atoms with van der Waals surface area (Å²) in [6, 6.07) is 3.85. The van der Waals surface area contributed by atoms with Crippen LogP contribution in [-0.2, 0) is 9.53 Å². The molecule has 1 aromatic carbocycles. The number of nitro groups is 1. The third-order valence-corrected chi connectivity index (χ3v) is 4.49. The van der Waals surface area contributed by atoms with Crippen LogP contribution in [0.25, 0.3) is 0 Å². The van der Waals surface area contributed by atoms with Gasteiger partial charge in [0.05, 0.1) is 10.5 Å². The molecule has 1 aliphatic carbocycles. The van der Waals surface area contributed by atoms with Crippen LogP contribution in [0.3, 0.4) is 0 Å². The number of non-ortho nitro benzene ring substituents is 1. The second kappa shape index (κ2) is 9.70. The Bertz CT molecular complexity index is 745. The molecule has 0 unspecified atom stereocenters. The van der Waals surface area contributed by atoms with E-state index in [2.05, 4.69) is 16.7 Å². The van der Waals surface area contributed by atoms with E-state index in [0.717, 1.165) is 25.3 Å². The van der Waals surface area contributed by atoms with Crippen molar-refractivity contribution in [3.8, 4) is 0 Å². The van der Waals surface area contributed by atoms with Gasteiger partial charge in [-0.2, -0.15) is 0 Å². The lowest BCUT2D eigenvalue weighted by Gasteiger charge is -2.16. The summed E-state index contributed by atoms with van der Waals surface area (Å²) >= 11 is 0. The second-order valence-electron chi connectivity index (χ2n) is 6.43. The highest BCUT2D eigenvalue weighted by Gasteiger charge is 2.22. The van der Waals surface area contributed by atoms with Gasteiger partial charge in [-0.1, -0.05) is 11.6 Å². The number of amides is 1. The van der Waals surface area contributed by atoms with Crippen molar-refractivity contribution < 1.29 is 19.2 Å². The number of benzene rings is 1. The van der Waals surface area contributed by atoms with E-state index >= 15 is 0 Å². The van der Waals surface area contributed by atoms with Gasteiger partial charge in [0.2, 0.25) is 0 Å². The molecule has 2 N–H and O–H groups in total. The lowest BCUT2D eigenvalue weighted by molar-refractivity contribution is -0.384. The van der Waals surface area contributed by atoms with Crippen molar-refractivity contribution in [2.45, 2.75) is 45.1 Å². The highest BCUT2D eigenvalue weighted by atomic mass is 16.6. The lowest BCUT2D eigenvalue weighted by atomic mass is 9.97.